The molecule has 1 aromatic carbocycles. The molecule has 1 aromatic rings. The zero-order chi connectivity index (χ0) is 13.8. The highest BCUT2D eigenvalue weighted by atomic mass is 35.5. The van der Waals surface area contributed by atoms with Gasteiger partial charge in [0, 0.05) is 23.7 Å². The highest BCUT2D eigenvalue weighted by Crippen LogP contribution is 2.27. The number of ether oxygens (including phenoxy) is 1. The van der Waals surface area contributed by atoms with Crippen molar-refractivity contribution in [2.75, 3.05) is 13.7 Å². The molecule has 0 heterocycles. The van der Waals surface area contributed by atoms with Crippen molar-refractivity contribution in [1.29, 1.82) is 0 Å². The van der Waals surface area contributed by atoms with Crippen LogP contribution in [-0.4, -0.2) is 33.3 Å². The first-order valence-corrected chi connectivity index (χ1v) is 7.23. The van der Waals surface area contributed by atoms with Gasteiger partial charge in [0.2, 0.25) is 10.0 Å². The van der Waals surface area contributed by atoms with Crippen LogP contribution in [0.4, 0.5) is 0 Å². The molecular weight excluding hydrogens is 278 g/mol. The number of nitrogens with one attached hydrogen (secondary N) is 1. The van der Waals surface area contributed by atoms with Crippen molar-refractivity contribution >= 4 is 21.6 Å². The Morgan fingerprint density at radius 3 is 2.72 bits per heavy atom. The summed E-state index contributed by atoms with van der Waals surface area (Å²) >= 11 is 5.77. The minimum Gasteiger partial charge on any atom is -0.495 e. The summed E-state index contributed by atoms with van der Waals surface area (Å²) < 4.78 is 31.6. The van der Waals surface area contributed by atoms with E-state index in [-0.39, 0.29) is 23.3 Å². The fourth-order valence-electron chi connectivity index (χ4n) is 1.44. The standard InChI is InChI=1S/C11H16ClNO4S/c1-8(5-6-14)13-18(15,16)11-4-3-9(12)7-10(11)17-2/h3-4,7-8,13-14H,5-6H2,1-2H3. The van der Waals surface area contributed by atoms with E-state index in [0.29, 0.717) is 11.4 Å². The maximum absolute atomic E-state index is 12.1. The molecule has 0 bridgehead atoms. The molecule has 0 amide bonds. The van der Waals surface area contributed by atoms with Crippen LogP contribution in [0.5, 0.6) is 5.75 Å². The van der Waals surface area contributed by atoms with Crippen molar-refractivity contribution in [1.82, 2.24) is 4.72 Å². The van der Waals surface area contributed by atoms with E-state index in [1.54, 1.807) is 6.92 Å². The minimum absolute atomic E-state index is 0.0270. The number of benzene rings is 1. The summed E-state index contributed by atoms with van der Waals surface area (Å²) in [4.78, 5) is 0.0270. The van der Waals surface area contributed by atoms with Crippen LogP contribution in [0.2, 0.25) is 5.02 Å². The number of hydrogen-bond acceptors (Lipinski definition) is 4. The lowest BCUT2D eigenvalue weighted by Crippen LogP contribution is -2.33. The lowest BCUT2D eigenvalue weighted by Gasteiger charge is -2.15. The third-order valence-electron chi connectivity index (χ3n) is 2.33. The molecule has 0 fully saturated rings. The van der Waals surface area contributed by atoms with Gasteiger partial charge in [-0.2, -0.15) is 0 Å². The highest BCUT2D eigenvalue weighted by molar-refractivity contribution is 7.89. The zero-order valence-corrected chi connectivity index (χ0v) is 11.8. The quantitative estimate of drug-likeness (QED) is 0.831. The Balaban J connectivity index is 3.05. The van der Waals surface area contributed by atoms with Crippen LogP contribution in [0, 0.1) is 0 Å². The fourth-order valence-corrected chi connectivity index (χ4v) is 3.04. The predicted octanol–water partition coefficient (Wildman–Crippen LogP) is 1.40. The number of aliphatic hydroxyl groups excluding tert-OH is 1. The van der Waals surface area contributed by atoms with Crippen molar-refractivity contribution in [3.05, 3.63) is 23.2 Å². The average Bonchev–Trinajstić information content (AvgIpc) is 2.27. The van der Waals surface area contributed by atoms with Crippen LogP contribution in [0.3, 0.4) is 0 Å². The maximum Gasteiger partial charge on any atom is 0.244 e. The predicted molar refractivity (Wildman–Crippen MR) is 69.5 cm³/mol. The summed E-state index contributed by atoms with van der Waals surface area (Å²) in [7, 11) is -2.31. The summed E-state index contributed by atoms with van der Waals surface area (Å²) in [5.74, 6) is 0.186. The number of hydrogen-bond donors (Lipinski definition) is 2. The van der Waals surface area contributed by atoms with Crippen molar-refractivity contribution in [3.63, 3.8) is 0 Å². The molecule has 1 atom stereocenters. The first-order chi connectivity index (χ1) is 8.40. The number of halogens is 1. The lowest BCUT2D eigenvalue weighted by atomic mass is 10.3. The second kappa shape index (κ2) is 6.38. The van der Waals surface area contributed by atoms with Gasteiger partial charge in [0.05, 0.1) is 7.11 Å². The van der Waals surface area contributed by atoms with E-state index < -0.39 is 10.0 Å². The lowest BCUT2D eigenvalue weighted by molar-refractivity contribution is 0.275. The molecule has 0 aliphatic carbocycles. The van der Waals surface area contributed by atoms with E-state index in [0.717, 1.165) is 0 Å². The number of aliphatic hydroxyl groups is 1. The van der Waals surface area contributed by atoms with Crippen molar-refractivity contribution in [2.24, 2.45) is 0 Å². The monoisotopic (exact) mass is 293 g/mol. The topological polar surface area (TPSA) is 75.6 Å². The van der Waals surface area contributed by atoms with Gasteiger partial charge in [-0.25, -0.2) is 13.1 Å². The van der Waals surface area contributed by atoms with Crippen LogP contribution in [-0.2, 0) is 10.0 Å². The number of methoxy groups -OCH3 is 1. The Morgan fingerprint density at radius 1 is 1.50 bits per heavy atom. The second-order valence-corrected chi connectivity index (χ2v) is 5.95. The molecule has 0 aliphatic rings. The van der Waals surface area contributed by atoms with Gasteiger partial charge in [0.15, 0.2) is 0 Å². The van der Waals surface area contributed by atoms with Crippen LogP contribution in [0.1, 0.15) is 13.3 Å². The van der Waals surface area contributed by atoms with E-state index in [1.165, 1.54) is 25.3 Å². The summed E-state index contributed by atoms with van der Waals surface area (Å²) in [6.07, 6.45) is 0.342. The van der Waals surface area contributed by atoms with Crippen LogP contribution < -0.4 is 9.46 Å². The molecule has 0 radical (unpaired) electrons. The Kier molecular flexibility index (Phi) is 5.40. The Morgan fingerprint density at radius 2 is 2.17 bits per heavy atom. The molecule has 2 N–H and O–H groups in total. The maximum atomic E-state index is 12.1. The first-order valence-electron chi connectivity index (χ1n) is 5.37. The molecule has 0 spiro atoms. The van der Waals surface area contributed by atoms with Gasteiger partial charge in [-0.1, -0.05) is 11.6 Å². The Bertz CT molecular complexity index is 504. The van der Waals surface area contributed by atoms with Crippen molar-refractivity contribution in [2.45, 2.75) is 24.3 Å². The van der Waals surface area contributed by atoms with Gasteiger partial charge in [0.25, 0.3) is 0 Å². The highest BCUT2D eigenvalue weighted by Gasteiger charge is 2.21. The second-order valence-electron chi connectivity index (χ2n) is 3.83. The average molecular weight is 294 g/mol. The van der Waals surface area contributed by atoms with Crippen molar-refractivity contribution in [3.8, 4) is 5.75 Å². The van der Waals surface area contributed by atoms with Crippen molar-refractivity contribution < 1.29 is 18.3 Å². The van der Waals surface area contributed by atoms with Crippen LogP contribution >= 0.6 is 11.6 Å². The molecule has 1 unspecified atom stereocenters. The Hall–Kier alpha value is -0.820. The number of rotatable bonds is 6. The van der Waals surface area contributed by atoms with E-state index >= 15 is 0 Å². The molecule has 0 saturated carbocycles. The summed E-state index contributed by atoms with van der Waals surface area (Å²) in [6, 6.07) is 3.94. The van der Waals surface area contributed by atoms with E-state index in [2.05, 4.69) is 4.72 Å². The summed E-state index contributed by atoms with van der Waals surface area (Å²) in [5.41, 5.74) is 0. The third-order valence-corrected chi connectivity index (χ3v) is 4.20. The smallest absolute Gasteiger partial charge is 0.244 e. The fraction of sp³-hybridized carbons (Fsp3) is 0.455. The van der Waals surface area contributed by atoms with Gasteiger partial charge in [-0.3, -0.25) is 0 Å². The van der Waals surface area contributed by atoms with Gasteiger partial charge in [0.1, 0.15) is 10.6 Å². The van der Waals surface area contributed by atoms with Gasteiger partial charge in [-0.15, -0.1) is 0 Å². The molecule has 0 saturated heterocycles. The molecule has 18 heavy (non-hydrogen) atoms. The Labute approximate surface area is 112 Å². The van der Waals surface area contributed by atoms with Gasteiger partial charge < -0.3 is 9.84 Å². The first kappa shape index (κ1) is 15.2. The molecule has 1 rings (SSSR count). The molecule has 7 heteroatoms. The number of sulfonamides is 1. The SMILES string of the molecule is COc1cc(Cl)ccc1S(=O)(=O)NC(C)CCO. The minimum atomic E-state index is -3.69. The molecule has 0 aromatic heterocycles. The van der Waals surface area contributed by atoms with E-state index in [1.807, 2.05) is 0 Å². The normalized spacial score (nSPS) is 13.3. The molecular formula is C11H16ClNO4S. The van der Waals surface area contributed by atoms with Crippen LogP contribution in [0.15, 0.2) is 23.1 Å². The zero-order valence-electron chi connectivity index (χ0n) is 10.2. The van der Waals surface area contributed by atoms with E-state index in [9.17, 15) is 8.42 Å². The molecule has 0 aliphatic heterocycles. The van der Waals surface area contributed by atoms with Gasteiger partial charge in [-0.05, 0) is 25.5 Å². The summed E-state index contributed by atoms with van der Waals surface area (Å²) in [6.45, 7) is 1.59. The van der Waals surface area contributed by atoms with E-state index in [4.69, 9.17) is 21.4 Å². The molecule has 102 valence electrons. The largest absolute Gasteiger partial charge is 0.495 e. The summed E-state index contributed by atoms with van der Waals surface area (Å²) in [5, 5.41) is 9.16. The third kappa shape index (κ3) is 3.84. The van der Waals surface area contributed by atoms with Gasteiger partial charge >= 0.3 is 0 Å². The van der Waals surface area contributed by atoms with Crippen LogP contribution in [0.25, 0.3) is 0 Å². The molecule has 5 nitrogen and oxygen atoms in total.